The van der Waals surface area contributed by atoms with Gasteiger partial charge in [0.1, 0.15) is 11.9 Å². The lowest BCUT2D eigenvalue weighted by molar-refractivity contribution is -0.140. The first kappa shape index (κ1) is 15.1. The highest BCUT2D eigenvalue weighted by atomic mass is 33.2. The van der Waals surface area contributed by atoms with E-state index in [2.05, 4.69) is 4.98 Å². The molecule has 2 saturated heterocycles. The second-order valence-electron chi connectivity index (χ2n) is 5.19. The number of aromatic nitrogens is 2. The molecule has 2 aliphatic heterocycles. The number of hydrogen-bond donors (Lipinski definition) is 2. The van der Waals surface area contributed by atoms with Gasteiger partial charge >= 0.3 is 11.6 Å². The Kier molecular flexibility index (Phi) is 3.47. The van der Waals surface area contributed by atoms with Crippen LogP contribution in [-0.4, -0.2) is 36.9 Å². The van der Waals surface area contributed by atoms with E-state index in [-0.39, 0.29) is 16.3 Å². The number of aliphatic hydroxyl groups is 1. The Bertz CT molecular complexity index is 623. The van der Waals surface area contributed by atoms with Crippen LogP contribution in [0.15, 0.2) is 17.1 Å². The molecule has 0 bridgehead atoms. The molecular weight excluding hydrogens is 324 g/mol. The van der Waals surface area contributed by atoms with Crippen molar-refractivity contribution in [1.82, 2.24) is 9.55 Å². The molecule has 3 atom stereocenters. The molecule has 116 valence electrons. The fourth-order valence-electron chi connectivity index (χ4n) is 2.24. The fourth-order valence-corrected chi connectivity index (χ4v) is 3.69. The minimum absolute atomic E-state index is 0.0621. The summed E-state index contributed by atoms with van der Waals surface area (Å²) in [5.41, 5.74) is 4.40. The van der Waals surface area contributed by atoms with Gasteiger partial charge in [-0.25, -0.2) is 4.79 Å². The SMILES string of the molecule is CC1(C[C@H]2O[C@@H](n3ccc(N)nc3=O)C(F)(F)C2O)SS1. The van der Waals surface area contributed by atoms with Crippen molar-refractivity contribution in [3.63, 3.8) is 0 Å². The standard InChI is InChI=1S/C11H13F2N3O3S2/c1-10(20-21-10)4-5-7(17)11(12,13)8(19-5)16-3-2-6(14)15-9(16)18/h2-3,5,7-8,17H,4H2,1H3,(H2,14,15,18)/t5-,7?,8-/m1/s1. The number of nitrogen functional groups attached to an aromatic ring is 1. The molecule has 0 aromatic carbocycles. The van der Waals surface area contributed by atoms with Crippen LogP contribution < -0.4 is 11.4 Å². The third-order valence-electron chi connectivity index (χ3n) is 3.42. The van der Waals surface area contributed by atoms with E-state index in [1.807, 2.05) is 6.92 Å². The Balaban J connectivity index is 1.89. The highest BCUT2D eigenvalue weighted by Crippen LogP contribution is 2.67. The molecule has 1 unspecified atom stereocenters. The maximum atomic E-state index is 14.2. The van der Waals surface area contributed by atoms with Gasteiger partial charge in [-0.05, 0) is 13.0 Å². The molecular formula is C11H13F2N3O3S2. The number of rotatable bonds is 3. The van der Waals surface area contributed by atoms with E-state index in [1.165, 1.54) is 6.07 Å². The van der Waals surface area contributed by atoms with E-state index >= 15 is 0 Å². The van der Waals surface area contributed by atoms with Crippen LogP contribution in [0.3, 0.4) is 0 Å². The first-order valence-corrected chi connectivity index (χ1v) is 8.31. The van der Waals surface area contributed by atoms with Crippen LogP contribution in [0.2, 0.25) is 0 Å². The van der Waals surface area contributed by atoms with Gasteiger partial charge in [-0.2, -0.15) is 13.8 Å². The first-order valence-electron chi connectivity index (χ1n) is 6.16. The highest BCUT2D eigenvalue weighted by Gasteiger charge is 2.61. The summed E-state index contributed by atoms with van der Waals surface area (Å²) in [6.45, 7) is 1.89. The minimum atomic E-state index is -3.58. The number of ether oxygens (including phenoxy) is 1. The Hall–Kier alpha value is -0.840. The van der Waals surface area contributed by atoms with Crippen LogP contribution in [0.25, 0.3) is 0 Å². The van der Waals surface area contributed by atoms with Crippen LogP contribution in [0.4, 0.5) is 14.6 Å². The van der Waals surface area contributed by atoms with Crippen molar-refractivity contribution in [2.24, 2.45) is 0 Å². The predicted octanol–water partition coefficient (Wildman–Crippen LogP) is 1.22. The summed E-state index contributed by atoms with van der Waals surface area (Å²) in [5.74, 6) is -3.64. The van der Waals surface area contributed by atoms with Crippen LogP contribution in [-0.2, 0) is 4.74 Å². The molecule has 3 heterocycles. The van der Waals surface area contributed by atoms with Gasteiger partial charge in [0.05, 0.1) is 10.2 Å². The smallest absolute Gasteiger partial charge is 0.351 e. The predicted molar refractivity (Wildman–Crippen MR) is 76.0 cm³/mol. The second-order valence-corrected chi connectivity index (χ2v) is 8.59. The van der Waals surface area contributed by atoms with Gasteiger partial charge in [0, 0.05) is 12.6 Å². The van der Waals surface area contributed by atoms with E-state index in [0.717, 1.165) is 6.20 Å². The quantitative estimate of drug-likeness (QED) is 0.633. The molecule has 2 aliphatic rings. The molecule has 10 heteroatoms. The van der Waals surface area contributed by atoms with E-state index in [1.54, 1.807) is 21.6 Å². The molecule has 1 aromatic heterocycles. The number of hydrogen-bond acceptors (Lipinski definition) is 7. The minimum Gasteiger partial charge on any atom is -0.384 e. The molecule has 0 radical (unpaired) electrons. The van der Waals surface area contributed by atoms with Crippen LogP contribution >= 0.6 is 21.6 Å². The summed E-state index contributed by atoms with van der Waals surface area (Å²) in [6.07, 6.45) is -3.52. The third kappa shape index (κ3) is 2.65. The molecule has 21 heavy (non-hydrogen) atoms. The van der Waals surface area contributed by atoms with Gasteiger partial charge in [0.25, 0.3) is 0 Å². The number of halogens is 2. The Morgan fingerprint density at radius 1 is 1.57 bits per heavy atom. The lowest BCUT2D eigenvalue weighted by Gasteiger charge is -2.20. The molecule has 3 rings (SSSR count). The van der Waals surface area contributed by atoms with Crippen molar-refractivity contribution < 1.29 is 18.6 Å². The largest absolute Gasteiger partial charge is 0.384 e. The van der Waals surface area contributed by atoms with Gasteiger partial charge < -0.3 is 15.6 Å². The lowest BCUT2D eigenvalue weighted by atomic mass is 10.1. The molecule has 6 nitrogen and oxygen atoms in total. The van der Waals surface area contributed by atoms with Gasteiger partial charge in [-0.3, -0.25) is 4.57 Å². The Morgan fingerprint density at radius 2 is 2.24 bits per heavy atom. The van der Waals surface area contributed by atoms with Gasteiger partial charge in [-0.1, -0.05) is 21.6 Å². The summed E-state index contributed by atoms with van der Waals surface area (Å²) >= 11 is 0. The molecule has 0 aliphatic carbocycles. The van der Waals surface area contributed by atoms with Gasteiger partial charge in [0.15, 0.2) is 0 Å². The number of anilines is 1. The van der Waals surface area contributed by atoms with Crippen molar-refractivity contribution in [3.05, 3.63) is 22.7 Å². The zero-order chi connectivity index (χ0) is 15.4. The van der Waals surface area contributed by atoms with Crippen LogP contribution in [0.5, 0.6) is 0 Å². The Morgan fingerprint density at radius 3 is 2.81 bits per heavy atom. The van der Waals surface area contributed by atoms with E-state index in [0.29, 0.717) is 4.57 Å². The van der Waals surface area contributed by atoms with Gasteiger partial charge in [0.2, 0.25) is 6.23 Å². The number of aliphatic hydroxyl groups excluding tert-OH is 1. The number of alkyl halides is 2. The highest BCUT2D eigenvalue weighted by molar-refractivity contribution is 8.93. The number of nitrogens with zero attached hydrogens (tertiary/aromatic N) is 2. The van der Waals surface area contributed by atoms with Gasteiger partial charge in [-0.15, -0.1) is 0 Å². The van der Waals surface area contributed by atoms with Crippen molar-refractivity contribution in [2.75, 3.05) is 5.73 Å². The van der Waals surface area contributed by atoms with E-state index in [9.17, 15) is 18.7 Å². The third-order valence-corrected chi connectivity index (χ3v) is 6.70. The average Bonchev–Trinajstić information content (AvgIpc) is 3.07. The van der Waals surface area contributed by atoms with Crippen molar-refractivity contribution in [1.29, 1.82) is 0 Å². The zero-order valence-corrected chi connectivity index (χ0v) is 12.5. The molecule has 0 saturated carbocycles. The molecule has 0 spiro atoms. The fraction of sp³-hybridized carbons (Fsp3) is 0.636. The average molecular weight is 337 g/mol. The molecule has 1 aromatic rings. The number of nitrogens with two attached hydrogens (primary N) is 1. The Labute approximate surface area is 126 Å². The maximum Gasteiger partial charge on any atom is 0.351 e. The summed E-state index contributed by atoms with van der Waals surface area (Å²) in [4.78, 5) is 15.1. The molecule has 2 fully saturated rings. The topological polar surface area (TPSA) is 90.4 Å². The second kappa shape index (κ2) is 4.83. The van der Waals surface area contributed by atoms with Crippen molar-refractivity contribution >= 4 is 27.4 Å². The van der Waals surface area contributed by atoms with Crippen molar-refractivity contribution in [2.45, 2.75) is 41.8 Å². The van der Waals surface area contributed by atoms with Crippen LogP contribution in [0, 0.1) is 0 Å². The molecule has 3 N–H and O–H groups in total. The normalized spacial score (nSPS) is 33.0. The summed E-state index contributed by atoms with van der Waals surface area (Å²) in [5, 5.41) is 9.83. The first-order chi connectivity index (χ1) is 9.73. The summed E-state index contributed by atoms with van der Waals surface area (Å²) < 4.78 is 34.1. The van der Waals surface area contributed by atoms with Crippen molar-refractivity contribution in [3.8, 4) is 0 Å². The van der Waals surface area contributed by atoms with E-state index < -0.39 is 30.0 Å². The van der Waals surface area contributed by atoms with Crippen LogP contribution in [0.1, 0.15) is 19.6 Å². The zero-order valence-electron chi connectivity index (χ0n) is 10.9. The molecule has 0 amide bonds. The summed E-state index contributed by atoms with van der Waals surface area (Å²) in [6, 6.07) is 1.23. The van der Waals surface area contributed by atoms with E-state index in [4.69, 9.17) is 10.5 Å². The lowest BCUT2D eigenvalue weighted by Crippen LogP contribution is -2.41. The monoisotopic (exact) mass is 337 g/mol. The maximum absolute atomic E-state index is 14.2. The summed E-state index contributed by atoms with van der Waals surface area (Å²) in [7, 11) is 3.09.